The van der Waals surface area contributed by atoms with Crippen LogP contribution in [0.2, 0.25) is 0 Å². The molecule has 7 heteroatoms. The van der Waals surface area contributed by atoms with Gasteiger partial charge in [-0.1, -0.05) is 12.1 Å². The van der Waals surface area contributed by atoms with E-state index in [2.05, 4.69) is 15.6 Å². The van der Waals surface area contributed by atoms with E-state index in [9.17, 15) is 13.6 Å². The van der Waals surface area contributed by atoms with Crippen molar-refractivity contribution in [1.29, 1.82) is 0 Å². The summed E-state index contributed by atoms with van der Waals surface area (Å²) in [4.78, 5) is 16.7. The number of rotatable bonds is 3. The van der Waals surface area contributed by atoms with Gasteiger partial charge in [-0.25, -0.2) is 13.8 Å². The minimum absolute atomic E-state index is 0.447. The molecule has 3 aromatic rings. The van der Waals surface area contributed by atoms with Crippen molar-refractivity contribution in [2.45, 2.75) is 18.4 Å². The summed E-state index contributed by atoms with van der Waals surface area (Å²) in [6.45, 7) is -0.462. The molecule has 2 aromatic carbocycles. The molecule has 1 unspecified atom stereocenters. The number of alkyl halides is 2. The molecule has 1 amide bonds. The highest BCUT2D eigenvalue weighted by atomic mass is 19.3. The molecule has 0 saturated carbocycles. The third-order valence-corrected chi connectivity index (χ3v) is 4.62. The van der Waals surface area contributed by atoms with Crippen molar-refractivity contribution in [2.24, 2.45) is 7.05 Å². The van der Waals surface area contributed by atoms with E-state index in [1.165, 1.54) is 0 Å². The summed E-state index contributed by atoms with van der Waals surface area (Å²) < 4.78 is 28.4. The van der Waals surface area contributed by atoms with Gasteiger partial charge in [0.1, 0.15) is 5.82 Å². The van der Waals surface area contributed by atoms with Gasteiger partial charge in [-0.3, -0.25) is 10.1 Å². The first-order chi connectivity index (χ1) is 12.4. The van der Waals surface area contributed by atoms with Crippen LogP contribution in [0.25, 0.3) is 22.4 Å². The highest BCUT2D eigenvalue weighted by Crippen LogP contribution is 2.27. The molecule has 1 atom stereocenters. The first-order valence-electron chi connectivity index (χ1n) is 8.37. The smallest absolute Gasteiger partial charge is 0.262 e. The minimum Gasteiger partial charge on any atom is -0.327 e. The van der Waals surface area contributed by atoms with Gasteiger partial charge < -0.3 is 9.88 Å². The third-order valence-electron chi connectivity index (χ3n) is 4.62. The second kappa shape index (κ2) is 6.17. The van der Waals surface area contributed by atoms with E-state index in [0.717, 1.165) is 22.4 Å². The number of anilines is 1. The molecule has 1 fully saturated rings. The Morgan fingerprint density at radius 1 is 1.23 bits per heavy atom. The van der Waals surface area contributed by atoms with Gasteiger partial charge in [0.05, 0.1) is 23.6 Å². The number of amides is 1. The summed E-state index contributed by atoms with van der Waals surface area (Å²) in [7, 11) is 1.95. The maximum atomic E-state index is 13.2. The van der Waals surface area contributed by atoms with Gasteiger partial charge in [0, 0.05) is 24.7 Å². The Bertz CT molecular complexity index is 965. The Labute approximate surface area is 149 Å². The van der Waals surface area contributed by atoms with Crippen LogP contribution in [-0.2, 0) is 11.8 Å². The van der Waals surface area contributed by atoms with Crippen LogP contribution in [0.5, 0.6) is 0 Å². The zero-order valence-electron chi connectivity index (χ0n) is 14.2. The van der Waals surface area contributed by atoms with Crippen LogP contribution in [0, 0.1) is 0 Å². The Balaban J connectivity index is 1.51. The molecule has 1 aliphatic rings. The molecule has 0 aliphatic carbocycles. The highest BCUT2D eigenvalue weighted by molar-refractivity contribution is 5.95. The van der Waals surface area contributed by atoms with Crippen molar-refractivity contribution in [3.63, 3.8) is 0 Å². The molecule has 0 bridgehead atoms. The number of carbonyl (C=O) groups excluding carboxylic acids is 1. The van der Waals surface area contributed by atoms with Crippen molar-refractivity contribution < 1.29 is 13.6 Å². The number of benzene rings is 2. The number of hydrogen-bond donors (Lipinski definition) is 2. The second-order valence-corrected chi connectivity index (χ2v) is 6.54. The molecule has 5 nitrogen and oxygen atoms in total. The van der Waals surface area contributed by atoms with Crippen LogP contribution in [-0.4, -0.2) is 34.0 Å². The number of fused-ring (bicyclic) bond motifs is 1. The van der Waals surface area contributed by atoms with Crippen LogP contribution in [0.1, 0.15) is 6.42 Å². The molecule has 0 radical (unpaired) electrons. The van der Waals surface area contributed by atoms with E-state index in [1.54, 1.807) is 12.1 Å². The van der Waals surface area contributed by atoms with E-state index in [-0.39, 0.29) is 0 Å². The predicted molar refractivity (Wildman–Crippen MR) is 96.1 cm³/mol. The summed E-state index contributed by atoms with van der Waals surface area (Å²) in [5, 5.41) is 5.23. The van der Waals surface area contributed by atoms with Crippen molar-refractivity contribution in [3.05, 3.63) is 48.5 Å². The number of halogens is 2. The topological polar surface area (TPSA) is 59.0 Å². The number of imidazole rings is 1. The SMILES string of the molecule is Cn1c(-c2ccc(NC(=O)C3CC(F)(F)CN3)cc2)nc2ccccc21. The fourth-order valence-corrected chi connectivity index (χ4v) is 3.24. The Kier molecular flexibility index (Phi) is 3.96. The number of carbonyl (C=O) groups is 1. The summed E-state index contributed by atoms with van der Waals surface area (Å²) >= 11 is 0. The molecule has 134 valence electrons. The number of aryl methyl sites for hydroxylation is 1. The Morgan fingerprint density at radius 2 is 1.96 bits per heavy atom. The van der Waals surface area contributed by atoms with Gasteiger partial charge in [0.25, 0.3) is 5.92 Å². The number of nitrogens with one attached hydrogen (secondary N) is 2. The van der Waals surface area contributed by atoms with Gasteiger partial charge in [0.2, 0.25) is 5.91 Å². The quantitative estimate of drug-likeness (QED) is 0.758. The standard InChI is InChI=1S/C19H18F2N4O/c1-25-16-5-3-2-4-14(16)24-17(25)12-6-8-13(9-7-12)23-18(26)15-10-19(20,21)11-22-15/h2-9,15,22H,10-11H2,1H3,(H,23,26). The normalized spacial score (nSPS) is 19.0. The van der Waals surface area contributed by atoms with E-state index in [1.807, 2.05) is 48.0 Å². The number of hydrogen-bond acceptors (Lipinski definition) is 3. The van der Waals surface area contributed by atoms with E-state index in [0.29, 0.717) is 5.69 Å². The van der Waals surface area contributed by atoms with Gasteiger partial charge in [-0.15, -0.1) is 0 Å². The first kappa shape index (κ1) is 16.7. The van der Waals surface area contributed by atoms with Crippen molar-refractivity contribution in [2.75, 3.05) is 11.9 Å². The highest BCUT2D eigenvalue weighted by Gasteiger charge is 2.42. The van der Waals surface area contributed by atoms with Crippen molar-refractivity contribution >= 4 is 22.6 Å². The Hall–Kier alpha value is -2.80. The third kappa shape index (κ3) is 3.06. The summed E-state index contributed by atoms with van der Waals surface area (Å²) in [6, 6.07) is 14.2. The molecule has 1 saturated heterocycles. The molecule has 2 N–H and O–H groups in total. The van der Waals surface area contributed by atoms with Crippen LogP contribution < -0.4 is 10.6 Å². The van der Waals surface area contributed by atoms with Gasteiger partial charge in [-0.05, 0) is 36.4 Å². The second-order valence-electron chi connectivity index (χ2n) is 6.54. The lowest BCUT2D eigenvalue weighted by Gasteiger charge is -2.11. The molecule has 2 heterocycles. The van der Waals surface area contributed by atoms with Crippen LogP contribution in [0.3, 0.4) is 0 Å². The Morgan fingerprint density at radius 3 is 2.62 bits per heavy atom. The van der Waals surface area contributed by atoms with E-state index in [4.69, 9.17) is 0 Å². The molecule has 1 aliphatic heterocycles. The van der Waals surface area contributed by atoms with Crippen molar-refractivity contribution in [3.8, 4) is 11.4 Å². The fourth-order valence-electron chi connectivity index (χ4n) is 3.24. The van der Waals surface area contributed by atoms with Crippen molar-refractivity contribution in [1.82, 2.24) is 14.9 Å². The van der Waals surface area contributed by atoms with Crippen LogP contribution in [0.4, 0.5) is 14.5 Å². The maximum absolute atomic E-state index is 13.2. The largest absolute Gasteiger partial charge is 0.327 e. The molecule has 0 spiro atoms. The number of aromatic nitrogens is 2. The lowest BCUT2D eigenvalue weighted by atomic mass is 10.1. The summed E-state index contributed by atoms with van der Waals surface area (Å²) in [5.74, 6) is -2.45. The maximum Gasteiger partial charge on any atom is 0.262 e. The zero-order chi connectivity index (χ0) is 18.3. The van der Waals surface area contributed by atoms with E-state index < -0.39 is 30.8 Å². The lowest BCUT2D eigenvalue weighted by Crippen LogP contribution is -2.35. The average Bonchev–Trinajstić information content (AvgIpc) is 3.16. The molecule has 4 rings (SSSR count). The molecule has 26 heavy (non-hydrogen) atoms. The summed E-state index contributed by atoms with van der Waals surface area (Å²) in [5.41, 5.74) is 3.42. The lowest BCUT2D eigenvalue weighted by molar-refractivity contribution is -0.118. The van der Waals surface area contributed by atoms with E-state index >= 15 is 0 Å². The van der Waals surface area contributed by atoms with Gasteiger partial charge >= 0.3 is 0 Å². The fraction of sp³-hybridized carbons (Fsp3) is 0.263. The monoisotopic (exact) mass is 356 g/mol. The first-order valence-corrected chi connectivity index (χ1v) is 8.37. The van der Waals surface area contributed by atoms with Gasteiger partial charge in [0.15, 0.2) is 0 Å². The molecular formula is C19H18F2N4O. The van der Waals surface area contributed by atoms with Gasteiger partial charge in [-0.2, -0.15) is 0 Å². The minimum atomic E-state index is -2.83. The summed E-state index contributed by atoms with van der Waals surface area (Å²) in [6.07, 6.45) is -0.475. The van der Waals surface area contributed by atoms with Crippen LogP contribution >= 0.6 is 0 Å². The molecular weight excluding hydrogens is 338 g/mol. The zero-order valence-corrected chi connectivity index (χ0v) is 14.2. The average molecular weight is 356 g/mol. The predicted octanol–water partition coefficient (Wildman–Crippen LogP) is 3.18. The number of para-hydroxylation sites is 2. The molecule has 1 aromatic heterocycles. The van der Waals surface area contributed by atoms with Crippen LogP contribution in [0.15, 0.2) is 48.5 Å². The number of nitrogens with zero attached hydrogens (tertiary/aromatic N) is 2.